The molecule has 7 heteroatoms. The lowest BCUT2D eigenvalue weighted by molar-refractivity contribution is -0.126. The van der Waals surface area contributed by atoms with Crippen LogP contribution in [0.2, 0.25) is 0 Å². The van der Waals surface area contributed by atoms with E-state index < -0.39 is 0 Å². The van der Waals surface area contributed by atoms with Gasteiger partial charge < -0.3 is 5.32 Å². The van der Waals surface area contributed by atoms with E-state index in [4.69, 9.17) is 4.98 Å². The Bertz CT molecular complexity index is 1080. The molecule has 29 heavy (non-hydrogen) atoms. The van der Waals surface area contributed by atoms with Crippen molar-refractivity contribution in [2.45, 2.75) is 38.3 Å². The summed E-state index contributed by atoms with van der Waals surface area (Å²) in [6.45, 7) is 2.38. The van der Waals surface area contributed by atoms with E-state index in [1.54, 1.807) is 10.5 Å². The zero-order valence-corrected chi connectivity index (χ0v) is 17.0. The molecule has 1 aliphatic carbocycles. The van der Waals surface area contributed by atoms with Crippen molar-refractivity contribution in [1.29, 1.82) is 0 Å². The highest BCUT2D eigenvalue weighted by molar-refractivity contribution is 7.15. The summed E-state index contributed by atoms with van der Waals surface area (Å²) in [6.07, 6.45) is 4.00. The summed E-state index contributed by atoms with van der Waals surface area (Å²) in [5, 5.41) is 5.11. The Labute approximate surface area is 173 Å². The summed E-state index contributed by atoms with van der Waals surface area (Å²) >= 11 is 1.50. The Kier molecular flexibility index (Phi) is 4.93. The number of rotatable bonds is 5. The van der Waals surface area contributed by atoms with Crippen molar-refractivity contribution in [3.63, 3.8) is 0 Å². The molecule has 0 bridgehead atoms. The van der Waals surface area contributed by atoms with E-state index >= 15 is 0 Å². The number of carbonyl (C=O) groups excluding carboxylic acids is 1. The van der Waals surface area contributed by atoms with Gasteiger partial charge in [-0.2, -0.15) is 0 Å². The van der Waals surface area contributed by atoms with Crippen LogP contribution in [0.3, 0.4) is 0 Å². The van der Waals surface area contributed by atoms with E-state index in [1.165, 1.54) is 11.3 Å². The molecule has 2 aliphatic rings. The van der Waals surface area contributed by atoms with Gasteiger partial charge in [-0.15, -0.1) is 11.3 Å². The average Bonchev–Trinajstić information content (AvgIpc) is 3.44. The number of hydrogen-bond acceptors (Lipinski definition) is 5. The normalized spacial score (nSPS) is 18.2. The number of likely N-dealkylation sites (tertiary alicyclic amines) is 1. The number of amides is 1. The van der Waals surface area contributed by atoms with Crippen LogP contribution in [0.1, 0.15) is 31.4 Å². The van der Waals surface area contributed by atoms with Crippen molar-refractivity contribution < 1.29 is 4.79 Å². The van der Waals surface area contributed by atoms with Gasteiger partial charge in [0, 0.05) is 30.0 Å². The van der Waals surface area contributed by atoms with Crippen LogP contribution in [-0.2, 0) is 11.3 Å². The van der Waals surface area contributed by atoms with Crippen LogP contribution >= 0.6 is 11.3 Å². The molecule has 5 rings (SSSR count). The summed E-state index contributed by atoms with van der Waals surface area (Å²) in [5.41, 5.74) is 2.67. The number of fused-ring (bicyclic) bond motifs is 1. The molecule has 1 amide bonds. The number of hydrogen-bond donors (Lipinski definition) is 1. The zero-order valence-electron chi connectivity index (χ0n) is 16.2. The second-order valence-electron chi connectivity index (χ2n) is 8.02. The Morgan fingerprint density at radius 3 is 2.62 bits per heavy atom. The van der Waals surface area contributed by atoms with Crippen molar-refractivity contribution in [2.75, 3.05) is 13.1 Å². The highest BCUT2D eigenvalue weighted by Crippen LogP contribution is 2.25. The molecule has 0 spiro atoms. The smallest absolute Gasteiger partial charge is 0.259 e. The third-order valence-electron chi connectivity index (χ3n) is 5.80. The van der Waals surface area contributed by atoms with E-state index in [1.807, 2.05) is 35.7 Å². The minimum Gasteiger partial charge on any atom is -0.353 e. The zero-order chi connectivity index (χ0) is 19.8. The van der Waals surface area contributed by atoms with E-state index in [0.29, 0.717) is 12.6 Å². The fourth-order valence-electron chi connectivity index (χ4n) is 3.98. The predicted molar refractivity (Wildman–Crippen MR) is 114 cm³/mol. The van der Waals surface area contributed by atoms with Gasteiger partial charge in [0.05, 0.1) is 11.4 Å². The summed E-state index contributed by atoms with van der Waals surface area (Å²) < 4.78 is 1.69. The van der Waals surface area contributed by atoms with Gasteiger partial charge >= 0.3 is 0 Å². The van der Waals surface area contributed by atoms with Crippen LogP contribution in [0.4, 0.5) is 0 Å². The maximum Gasteiger partial charge on any atom is 0.259 e. The third kappa shape index (κ3) is 3.97. The van der Waals surface area contributed by atoms with Crippen LogP contribution in [0, 0.1) is 5.92 Å². The van der Waals surface area contributed by atoms with Gasteiger partial charge in [-0.05, 0) is 44.3 Å². The van der Waals surface area contributed by atoms with Gasteiger partial charge in [0.25, 0.3) is 5.56 Å². The number of carbonyl (C=O) groups is 1. The molecule has 1 saturated carbocycles. The number of benzene rings is 1. The second kappa shape index (κ2) is 7.72. The lowest BCUT2D eigenvalue weighted by atomic mass is 9.96. The summed E-state index contributed by atoms with van der Waals surface area (Å²) in [7, 11) is 0. The Hall–Kier alpha value is -2.51. The first-order valence-electron chi connectivity index (χ1n) is 10.3. The van der Waals surface area contributed by atoms with E-state index in [0.717, 1.165) is 60.7 Å². The van der Waals surface area contributed by atoms with Gasteiger partial charge in [-0.3, -0.25) is 18.9 Å². The Morgan fingerprint density at radius 2 is 1.90 bits per heavy atom. The lowest BCUT2D eigenvalue weighted by Gasteiger charge is -2.31. The topological polar surface area (TPSA) is 66.7 Å². The van der Waals surface area contributed by atoms with Crippen LogP contribution < -0.4 is 10.9 Å². The molecule has 1 saturated heterocycles. The molecule has 1 aliphatic heterocycles. The van der Waals surface area contributed by atoms with Crippen LogP contribution in [0.5, 0.6) is 0 Å². The molecule has 3 aromatic rings. The molecule has 3 heterocycles. The molecule has 0 atom stereocenters. The number of nitrogens with one attached hydrogen (secondary N) is 1. The summed E-state index contributed by atoms with van der Waals surface area (Å²) in [4.78, 5) is 32.8. The highest BCUT2D eigenvalue weighted by Gasteiger charge is 2.30. The van der Waals surface area contributed by atoms with Gasteiger partial charge in [0.2, 0.25) is 5.91 Å². The maximum absolute atomic E-state index is 12.8. The quantitative estimate of drug-likeness (QED) is 0.705. The van der Waals surface area contributed by atoms with Gasteiger partial charge in [-0.25, -0.2) is 4.98 Å². The minimum absolute atomic E-state index is 0.0381. The third-order valence-corrected chi connectivity index (χ3v) is 6.62. The Balaban J connectivity index is 1.28. The fourth-order valence-corrected chi connectivity index (χ4v) is 4.91. The number of piperidine rings is 1. The van der Waals surface area contributed by atoms with Crippen molar-refractivity contribution in [3.05, 3.63) is 57.8 Å². The molecular formula is C22H24N4O2S. The lowest BCUT2D eigenvalue weighted by Crippen LogP contribution is -2.41. The molecule has 2 fully saturated rings. The van der Waals surface area contributed by atoms with Crippen molar-refractivity contribution in [3.8, 4) is 11.3 Å². The molecule has 6 nitrogen and oxygen atoms in total. The van der Waals surface area contributed by atoms with E-state index in [9.17, 15) is 9.59 Å². The number of aromatic nitrogens is 2. The molecular weight excluding hydrogens is 384 g/mol. The highest BCUT2D eigenvalue weighted by atomic mass is 32.1. The molecule has 1 aromatic carbocycles. The first-order valence-corrected chi connectivity index (χ1v) is 11.1. The van der Waals surface area contributed by atoms with Crippen LogP contribution in [0.15, 0.2) is 46.6 Å². The van der Waals surface area contributed by atoms with Crippen molar-refractivity contribution >= 4 is 22.2 Å². The monoisotopic (exact) mass is 408 g/mol. The molecule has 1 N–H and O–H groups in total. The molecule has 0 radical (unpaired) electrons. The number of thiazole rings is 1. The van der Waals surface area contributed by atoms with Gasteiger partial charge in [0.15, 0.2) is 4.96 Å². The van der Waals surface area contributed by atoms with E-state index in [-0.39, 0.29) is 17.4 Å². The SMILES string of the molecule is O=C(NC1CC1)C1CCN(Cc2cc(=O)n3c(-c4ccccc4)csc3n2)CC1. The summed E-state index contributed by atoms with van der Waals surface area (Å²) in [6, 6.07) is 12.0. The van der Waals surface area contributed by atoms with Crippen LogP contribution in [-0.4, -0.2) is 39.3 Å². The molecule has 0 unspecified atom stereocenters. The summed E-state index contributed by atoms with van der Waals surface area (Å²) in [5.74, 6) is 0.343. The van der Waals surface area contributed by atoms with Crippen molar-refractivity contribution in [1.82, 2.24) is 19.6 Å². The van der Waals surface area contributed by atoms with Gasteiger partial charge in [0.1, 0.15) is 0 Å². The largest absolute Gasteiger partial charge is 0.353 e. The minimum atomic E-state index is -0.0381. The van der Waals surface area contributed by atoms with Gasteiger partial charge in [-0.1, -0.05) is 30.3 Å². The first kappa shape index (κ1) is 18.5. The Morgan fingerprint density at radius 1 is 1.14 bits per heavy atom. The molecule has 150 valence electrons. The fraction of sp³-hybridized carbons (Fsp3) is 0.409. The first-order chi connectivity index (χ1) is 14.2. The second-order valence-corrected chi connectivity index (χ2v) is 8.86. The predicted octanol–water partition coefficient (Wildman–Crippen LogP) is 2.91. The number of nitrogens with zero attached hydrogens (tertiary/aromatic N) is 3. The molecule has 2 aromatic heterocycles. The van der Waals surface area contributed by atoms with E-state index in [2.05, 4.69) is 10.2 Å². The maximum atomic E-state index is 12.8. The van der Waals surface area contributed by atoms with Crippen molar-refractivity contribution in [2.24, 2.45) is 5.92 Å². The average molecular weight is 409 g/mol. The van der Waals surface area contributed by atoms with Crippen LogP contribution in [0.25, 0.3) is 16.2 Å². The standard InChI is InChI=1S/C22H24N4O2S/c27-20-12-18(13-25-10-8-16(9-11-25)21(28)23-17-6-7-17)24-22-26(20)19(14-29-22)15-4-2-1-3-5-15/h1-5,12,14,16-17H,6-11,13H2,(H,23,28).